The van der Waals surface area contributed by atoms with Gasteiger partial charge in [-0.25, -0.2) is 4.98 Å². The van der Waals surface area contributed by atoms with Crippen LogP contribution in [0, 0.1) is 12.8 Å². The molecular weight excluding hydrogens is 422 g/mol. The molecule has 8 nitrogen and oxygen atoms in total. The van der Waals surface area contributed by atoms with Gasteiger partial charge in [-0.3, -0.25) is 9.59 Å². The Morgan fingerprint density at radius 2 is 2.09 bits per heavy atom. The molecule has 1 aliphatic rings. The number of aliphatic hydroxyl groups excluding tert-OH is 1. The van der Waals surface area contributed by atoms with Crippen LogP contribution in [0.15, 0.2) is 36.5 Å². The molecule has 0 bridgehead atoms. The first kappa shape index (κ1) is 24.7. The number of carbonyl (C=O) groups excluding carboxylic acids is 2. The molecule has 1 aromatic carbocycles. The highest BCUT2D eigenvalue weighted by atomic mass is 16.5. The van der Waals surface area contributed by atoms with Crippen LogP contribution in [0.1, 0.15) is 29.8 Å². The summed E-state index contributed by atoms with van der Waals surface area (Å²) >= 11 is 0. The number of carbonyl (C=O) groups is 2. The summed E-state index contributed by atoms with van der Waals surface area (Å²) in [4.78, 5) is 33.6. The Kier molecular flexibility index (Phi) is 8.05. The Morgan fingerprint density at radius 3 is 2.76 bits per heavy atom. The Hall–Kier alpha value is -2.97. The number of ether oxygens (including phenoxy) is 2. The number of benzene rings is 1. The van der Waals surface area contributed by atoms with Crippen LogP contribution in [0.3, 0.4) is 0 Å². The summed E-state index contributed by atoms with van der Waals surface area (Å²) in [5.74, 6) is -0.262. The highest BCUT2D eigenvalue weighted by Crippen LogP contribution is 2.31. The van der Waals surface area contributed by atoms with E-state index in [9.17, 15) is 14.7 Å². The number of fused-ring (bicyclic) bond motifs is 1. The van der Waals surface area contributed by atoms with Gasteiger partial charge in [-0.15, -0.1) is 0 Å². The Labute approximate surface area is 195 Å². The molecule has 2 aromatic rings. The molecule has 0 saturated carbocycles. The maximum atomic E-state index is 13.5. The van der Waals surface area contributed by atoms with Crippen molar-refractivity contribution in [2.45, 2.75) is 32.9 Å². The minimum Gasteiger partial charge on any atom is -0.472 e. The van der Waals surface area contributed by atoms with Gasteiger partial charge in [0.1, 0.15) is 18.3 Å². The van der Waals surface area contributed by atoms with E-state index in [0.717, 1.165) is 16.7 Å². The van der Waals surface area contributed by atoms with E-state index in [0.29, 0.717) is 18.7 Å². The number of aliphatic hydroxyl groups is 1. The van der Waals surface area contributed by atoms with Gasteiger partial charge in [0.05, 0.1) is 19.2 Å². The van der Waals surface area contributed by atoms with Gasteiger partial charge < -0.3 is 24.4 Å². The van der Waals surface area contributed by atoms with Gasteiger partial charge in [0.15, 0.2) is 0 Å². The third kappa shape index (κ3) is 5.51. The smallest absolute Gasteiger partial charge is 0.259 e. The fourth-order valence-corrected chi connectivity index (χ4v) is 3.97. The van der Waals surface area contributed by atoms with Gasteiger partial charge in [-0.2, -0.15) is 0 Å². The summed E-state index contributed by atoms with van der Waals surface area (Å²) in [5, 5.41) is 9.81. The quantitative estimate of drug-likeness (QED) is 0.689. The van der Waals surface area contributed by atoms with E-state index in [-0.39, 0.29) is 42.9 Å². The average Bonchev–Trinajstić information content (AvgIpc) is 2.81. The second-order valence-corrected chi connectivity index (χ2v) is 8.72. The first-order valence-corrected chi connectivity index (χ1v) is 11.1. The fourth-order valence-electron chi connectivity index (χ4n) is 3.97. The second kappa shape index (κ2) is 10.8. The summed E-state index contributed by atoms with van der Waals surface area (Å²) in [6.45, 7) is 6.32. The second-order valence-electron chi connectivity index (χ2n) is 8.72. The van der Waals surface area contributed by atoms with Gasteiger partial charge in [0.2, 0.25) is 11.8 Å². The molecule has 3 rings (SSSR count). The molecule has 0 saturated heterocycles. The number of likely N-dealkylation sites (N-methyl/N-ethyl adjacent to an activating group) is 1. The van der Waals surface area contributed by atoms with E-state index in [1.807, 2.05) is 45.0 Å². The minimum absolute atomic E-state index is 0.0155. The number of aromatic nitrogens is 1. The Bertz CT molecular complexity index is 996. The lowest BCUT2D eigenvalue weighted by Crippen LogP contribution is -2.50. The zero-order chi connectivity index (χ0) is 24.1. The van der Waals surface area contributed by atoms with Crippen LogP contribution < -0.4 is 4.74 Å². The number of hydrogen-bond donors (Lipinski definition) is 1. The normalized spacial score (nSPS) is 19.2. The van der Waals surface area contributed by atoms with Crippen LogP contribution in [-0.4, -0.2) is 84.3 Å². The van der Waals surface area contributed by atoms with E-state index in [1.165, 1.54) is 7.11 Å². The molecule has 0 spiro atoms. The number of hydrogen-bond acceptors (Lipinski definition) is 6. The lowest BCUT2D eigenvalue weighted by Gasteiger charge is -2.37. The van der Waals surface area contributed by atoms with Crippen LogP contribution in [0.25, 0.3) is 11.1 Å². The molecule has 2 amide bonds. The molecule has 0 unspecified atom stereocenters. The van der Waals surface area contributed by atoms with Crippen molar-refractivity contribution < 1.29 is 24.2 Å². The topological polar surface area (TPSA) is 92.2 Å². The van der Waals surface area contributed by atoms with Crippen molar-refractivity contribution in [1.29, 1.82) is 0 Å². The summed E-state index contributed by atoms with van der Waals surface area (Å²) < 4.78 is 11.2. The summed E-state index contributed by atoms with van der Waals surface area (Å²) in [6, 6.07) is 9.34. The number of aryl methyl sites for hydroxylation is 1. The van der Waals surface area contributed by atoms with Crippen molar-refractivity contribution in [2.75, 3.05) is 40.5 Å². The maximum Gasteiger partial charge on any atom is 0.259 e. The predicted molar refractivity (Wildman–Crippen MR) is 125 cm³/mol. The predicted octanol–water partition coefficient (Wildman–Crippen LogP) is 2.38. The molecule has 0 fully saturated rings. The van der Waals surface area contributed by atoms with Gasteiger partial charge in [-0.1, -0.05) is 31.2 Å². The van der Waals surface area contributed by atoms with Gasteiger partial charge in [0.25, 0.3) is 5.91 Å². The van der Waals surface area contributed by atoms with Crippen molar-refractivity contribution in [3.8, 4) is 17.0 Å². The van der Waals surface area contributed by atoms with Crippen molar-refractivity contribution in [3.05, 3.63) is 47.7 Å². The Balaban J connectivity index is 2.02. The van der Waals surface area contributed by atoms with Crippen LogP contribution >= 0.6 is 0 Å². The third-order valence-electron chi connectivity index (χ3n) is 6.12. The minimum atomic E-state index is -0.395. The lowest BCUT2D eigenvalue weighted by molar-refractivity contribution is -0.135. The molecule has 178 valence electrons. The first-order chi connectivity index (χ1) is 15.8. The summed E-state index contributed by atoms with van der Waals surface area (Å²) in [5.41, 5.74) is 3.22. The average molecular weight is 456 g/mol. The molecule has 3 atom stereocenters. The molecule has 0 aliphatic carbocycles. The van der Waals surface area contributed by atoms with Crippen LogP contribution in [0.5, 0.6) is 5.88 Å². The molecule has 0 radical (unpaired) electrons. The third-order valence-corrected chi connectivity index (χ3v) is 6.12. The number of amides is 2. The number of nitrogens with zero attached hydrogens (tertiary/aromatic N) is 3. The zero-order valence-corrected chi connectivity index (χ0v) is 19.9. The molecule has 1 aliphatic heterocycles. The number of pyridine rings is 1. The highest BCUT2D eigenvalue weighted by Gasteiger charge is 2.34. The van der Waals surface area contributed by atoms with E-state index in [2.05, 4.69) is 4.98 Å². The monoisotopic (exact) mass is 455 g/mol. The van der Waals surface area contributed by atoms with Crippen molar-refractivity contribution >= 4 is 11.8 Å². The van der Waals surface area contributed by atoms with Gasteiger partial charge >= 0.3 is 0 Å². The molecule has 1 aromatic heterocycles. The summed E-state index contributed by atoms with van der Waals surface area (Å²) in [6.07, 6.45) is 1.31. The van der Waals surface area contributed by atoms with Crippen molar-refractivity contribution in [1.82, 2.24) is 14.8 Å². The standard InChI is InChI=1S/C25H33N3O5/c1-16-8-6-7-9-20(16)19-10-21-24(26-11-19)33-22(13-27(4)23(30)15-32-5)17(2)12-28(25(21)31)18(3)14-29/h6-11,17-18,22,29H,12-15H2,1-5H3/t17-,18+,22+/m0/s1. The molecular formula is C25H33N3O5. The SMILES string of the molecule is COCC(=O)N(C)C[C@H]1Oc2ncc(-c3ccccc3C)cc2C(=O)N([C@H](C)CO)C[C@@H]1C. The van der Waals surface area contributed by atoms with Crippen LogP contribution in [0.4, 0.5) is 0 Å². The fraction of sp³-hybridized carbons (Fsp3) is 0.480. The van der Waals surface area contributed by atoms with Gasteiger partial charge in [-0.05, 0) is 31.0 Å². The van der Waals surface area contributed by atoms with E-state index in [4.69, 9.17) is 9.47 Å². The van der Waals surface area contributed by atoms with Crippen molar-refractivity contribution in [2.24, 2.45) is 5.92 Å². The largest absolute Gasteiger partial charge is 0.472 e. The van der Waals surface area contributed by atoms with E-state index >= 15 is 0 Å². The number of rotatable bonds is 7. The van der Waals surface area contributed by atoms with Crippen LogP contribution in [-0.2, 0) is 9.53 Å². The molecule has 8 heteroatoms. The van der Waals surface area contributed by atoms with Crippen LogP contribution in [0.2, 0.25) is 0 Å². The van der Waals surface area contributed by atoms with E-state index < -0.39 is 6.10 Å². The van der Waals surface area contributed by atoms with Crippen molar-refractivity contribution in [3.63, 3.8) is 0 Å². The van der Waals surface area contributed by atoms with Gasteiger partial charge in [0, 0.05) is 38.4 Å². The Morgan fingerprint density at radius 1 is 1.36 bits per heavy atom. The zero-order valence-electron chi connectivity index (χ0n) is 19.9. The highest BCUT2D eigenvalue weighted by molar-refractivity contribution is 5.98. The maximum absolute atomic E-state index is 13.5. The lowest BCUT2D eigenvalue weighted by atomic mass is 9.98. The molecule has 2 heterocycles. The number of methoxy groups -OCH3 is 1. The molecule has 1 N–H and O–H groups in total. The first-order valence-electron chi connectivity index (χ1n) is 11.1. The summed E-state index contributed by atoms with van der Waals surface area (Å²) in [7, 11) is 3.18. The molecule has 33 heavy (non-hydrogen) atoms. The van der Waals surface area contributed by atoms with E-state index in [1.54, 1.807) is 29.1 Å².